The smallest absolute Gasteiger partial charge is 0.222 e. The first-order valence-corrected chi connectivity index (χ1v) is 5.54. The van der Waals surface area contributed by atoms with Crippen molar-refractivity contribution in [3.63, 3.8) is 0 Å². The minimum atomic E-state index is -0.514. The van der Waals surface area contributed by atoms with E-state index in [1.807, 2.05) is 0 Å². The number of carbonyl (C=O) groups excluding carboxylic acids is 1. The molecule has 0 bridgehead atoms. The highest BCUT2D eigenvalue weighted by Gasteiger charge is 2.26. The molecule has 1 aliphatic rings. The van der Waals surface area contributed by atoms with Gasteiger partial charge in [0, 0.05) is 26.7 Å². The van der Waals surface area contributed by atoms with Crippen LogP contribution in [0.4, 0.5) is 0 Å². The molecule has 1 fully saturated rings. The predicted molar refractivity (Wildman–Crippen MR) is 60.8 cm³/mol. The Balaban J connectivity index is 2.40. The number of nitrogens with zero attached hydrogens (tertiary/aromatic N) is 2. The van der Waals surface area contributed by atoms with E-state index in [0.29, 0.717) is 39.1 Å². The third-order valence-electron chi connectivity index (χ3n) is 2.60. The van der Waals surface area contributed by atoms with E-state index in [1.54, 1.807) is 12.0 Å². The Morgan fingerprint density at radius 2 is 2.47 bits per heavy atom. The second kappa shape index (κ2) is 7.08. The third-order valence-corrected chi connectivity index (χ3v) is 2.60. The van der Waals surface area contributed by atoms with Gasteiger partial charge in [-0.2, -0.15) is 0 Å². The van der Waals surface area contributed by atoms with Gasteiger partial charge in [0.2, 0.25) is 5.91 Å². The first kappa shape index (κ1) is 13.7. The van der Waals surface area contributed by atoms with Crippen molar-refractivity contribution in [3.05, 3.63) is 0 Å². The normalized spacial score (nSPS) is 21.6. The molecular formula is C10H19N3O4. The molecule has 0 aromatic heterocycles. The quantitative estimate of drug-likeness (QED) is 0.221. The molecule has 0 radical (unpaired) electrons. The molecule has 1 saturated heterocycles. The summed E-state index contributed by atoms with van der Waals surface area (Å²) in [5.41, 5.74) is 5.45. The van der Waals surface area contributed by atoms with Gasteiger partial charge in [0.1, 0.15) is 6.10 Å². The molecule has 0 spiro atoms. The van der Waals surface area contributed by atoms with Crippen LogP contribution in [-0.2, 0) is 14.3 Å². The first-order chi connectivity index (χ1) is 8.19. The van der Waals surface area contributed by atoms with Crippen LogP contribution in [0, 0.1) is 0 Å². The van der Waals surface area contributed by atoms with E-state index >= 15 is 0 Å². The molecule has 0 saturated carbocycles. The Morgan fingerprint density at radius 1 is 1.71 bits per heavy atom. The van der Waals surface area contributed by atoms with E-state index in [-0.39, 0.29) is 11.7 Å². The number of hydrogen-bond acceptors (Lipinski definition) is 5. The number of nitrogens with two attached hydrogens (primary N) is 1. The summed E-state index contributed by atoms with van der Waals surface area (Å²) in [6, 6.07) is 0. The van der Waals surface area contributed by atoms with Gasteiger partial charge in [-0.25, -0.2) is 0 Å². The molecule has 1 amide bonds. The number of rotatable bonds is 5. The number of amides is 1. The molecule has 7 nitrogen and oxygen atoms in total. The zero-order valence-electron chi connectivity index (χ0n) is 9.96. The van der Waals surface area contributed by atoms with Crippen molar-refractivity contribution in [2.75, 3.05) is 33.4 Å². The molecule has 98 valence electrons. The summed E-state index contributed by atoms with van der Waals surface area (Å²) >= 11 is 0. The maximum Gasteiger partial charge on any atom is 0.222 e. The molecule has 1 atom stereocenters. The molecule has 1 unspecified atom stereocenters. The van der Waals surface area contributed by atoms with E-state index in [0.717, 1.165) is 0 Å². The third kappa shape index (κ3) is 4.20. The fourth-order valence-electron chi connectivity index (χ4n) is 1.64. The number of amidine groups is 1. The zero-order chi connectivity index (χ0) is 12.7. The summed E-state index contributed by atoms with van der Waals surface area (Å²) in [6.07, 6.45) is 0.623. The fraction of sp³-hybridized carbons (Fsp3) is 0.800. The van der Waals surface area contributed by atoms with Gasteiger partial charge in [-0.3, -0.25) is 4.79 Å². The second-order valence-corrected chi connectivity index (χ2v) is 3.82. The average Bonchev–Trinajstić information content (AvgIpc) is 2.38. The molecule has 0 aliphatic carbocycles. The zero-order valence-corrected chi connectivity index (χ0v) is 9.96. The van der Waals surface area contributed by atoms with Gasteiger partial charge in [0.05, 0.1) is 13.2 Å². The van der Waals surface area contributed by atoms with Gasteiger partial charge >= 0.3 is 0 Å². The molecule has 3 N–H and O–H groups in total. The van der Waals surface area contributed by atoms with Crippen molar-refractivity contribution in [2.24, 2.45) is 10.9 Å². The van der Waals surface area contributed by atoms with Crippen molar-refractivity contribution in [3.8, 4) is 0 Å². The maximum atomic E-state index is 11.8. The van der Waals surface area contributed by atoms with Gasteiger partial charge in [-0.15, -0.1) is 0 Å². The number of morpholine rings is 1. The lowest BCUT2D eigenvalue weighted by atomic mass is 10.2. The van der Waals surface area contributed by atoms with E-state index in [4.69, 9.17) is 20.4 Å². The lowest BCUT2D eigenvalue weighted by Gasteiger charge is -2.32. The Kier molecular flexibility index (Phi) is 5.71. The van der Waals surface area contributed by atoms with Crippen molar-refractivity contribution in [1.82, 2.24) is 4.90 Å². The van der Waals surface area contributed by atoms with E-state index in [9.17, 15) is 4.79 Å². The van der Waals surface area contributed by atoms with Crippen molar-refractivity contribution >= 4 is 11.7 Å². The topological polar surface area (TPSA) is 97.4 Å². The summed E-state index contributed by atoms with van der Waals surface area (Å²) in [7, 11) is 1.60. The first-order valence-electron chi connectivity index (χ1n) is 5.54. The van der Waals surface area contributed by atoms with Crippen LogP contribution in [0.3, 0.4) is 0 Å². The summed E-state index contributed by atoms with van der Waals surface area (Å²) < 4.78 is 10.2. The molecular weight excluding hydrogens is 226 g/mol. The van der Waals surface area contributed by atoms with Crippen LogP contribution in [0.2, 0.25) is 0 Å². The molecule has 1 rings (SSSR count). The fourth-order valence-corrected chi connectivity index (χ4v) is 1.64. The monoisotopic (exact) mass is 245 g/mol. The SMILES string of the molecule is COCCCC(=O)N1CCOC(C(N)=NO)C1. The number of hydrogen-bond donors (Lipinski definition) is 2. The van der Waals surface area contributed by atoms with Crippen LogP contribution in [0.5, 0.6) is 0 Å². The van der Waals surface area contributed by atoms with Crippen LogP contribution >= 0.6 is 0 Å². The number of oxime groups is 1. The second-order valence-electron chi connectivity index (χ2n) is 3.82. The summed E-state index contributed by atoms with van der Waals surface area (Å²) in [5.74, 6) is 0.0421. The molecule has 0 aromatic rings. The predicted octanol–water partition coefficient (Wildman–Crippen LogP) is -0.613. The van der Waals surface area contributed by atoms with E-state index in [2.05, 4.69) is 5.16 Å². The maximum absolute atomic E-state index is 11.8. The number of methoxy groups -OCH3 is 1. The number of ether oxygens (including phenoxy) is 2. The summed E-state index contributed by atoms with van der Waals surface area (Å²) in [5, 5.41) is 11.4. The Bertz CT molecular complexity index is 283. The van der Waals surface area contributed by atoms with Crippen molar-refractivity contribution < 1.29 is 19.5 Å². The lowest BCUT2D eigenvalue weighted by molar-refractivity contribution is -0.137. The molecule has 7 heteroatoms. The molecule has 17 heavy (non-hydrogen) atoms. The van der Waals surface area contributed by atoms with Crippen molar-refractivity contribution in [2.45, 2.75) is 18.9 Å². The number of carbonyl (C=O) groups is 1. The highest BCUT2D eigenvalue weighted by molar-refractivity contribution is 5.85. The van der Waals surface area contributed by atoms with Gasteiger partial charge in [-0.05, 0) is 6.42 Å². The van der Waals surface area contributed by atoms with Gasteiger partial charge in [-0.1, -0.05) is 5.16 Å². The Labute approximate surface area is 100 Å². The van der Waals surface area contributed by atoms with Crippen LogP contribution in [0.1, 0.15) is 12.8 Å². The lowest BCUT2D eigenvalue weighted by Crippen LogP contribution is -2.50. The van der Waals surface area contributed by atoms with Crippen LogP contribution in [0.15, 0.2) is 5.16 Å². The molecule has 1 heterocycles. The van der Waals surface area contributed by atoms with E-state index < -0.39 is 6.10 Å². The van der Waals surface area contributed by atoms with Crippen LogP contribution in [-0.4, -0.2) is 61.4 Å². The minimum absolute atomic E-state index is 0.000563. The highest BCUT2D eigenvalue weighted by atomic mass is 16.5. The standard InChI is InChI=1S/C10H19N3O4/c1-16-5-2-3-9(14)13-4-6-17-8(7-13)10(11)12-15/h8,15H,2-7H2,1H3,(H2,11,12). The Hall–Kier alpha value is -1.34. The average molecular weight is 245 g/mol. The minimum Gasteiger partial charge on any atom is -0.409 e. The largest absolute Gasteiger partial charge is 0.409 e. The van der Waals surface area contributed by atoms with E-state index in [1.165, 1.54) is 0 Å². The summed E-state index contributed by atoms with van der Waals surface area (Å²) in [6.45, 7) is 1.85. The van der Waals surface area contributed by atoms with Crippen molar-refractivity contribution in [1.29, 1.82) is 0 Å². The molecule has 0 aromatic carbocycles. The highest BCUT2D eigenvalue weighted by Crippen LogP contribution is 2.08. The van der Waals surface area contributed by atoms with Crippen LogP contribution < -0.4 is 5.73 Å². The van der Waals surface area contributed by atoms with Gasteiger partial charge in [0.15, 0.2) is 5.84 Å². The summed E-state index contributed by atoms with van der Waals surface area (Å²) in [4.78, 5) is 13.5. The van der Waals surface area contributed by atoms with Gasteiger partial charge < -0.3 is 25.3 Å². The van der Waals surface area contributed by atoms with Crippen LogP contribution in [0.25, 0.3) is 0 Å². The Morgan fingerprint density at radius 3 is 3.12 bits per heavy atom. The molecule has 1 aliphatic heterocycles. The van der Waals surface area contributed by atoms with Gasteiger partial charge in [0.25, 0.3) is 0 Å².